The van der Waals surface area contributed by atoms with Gasteiger partial charge in [-0.2, -0.15) is 0 Å². The highest BCUT2D eigenvalue weighted by Gasteiger charge is 2.09. The smallest absolute Gasteiger partial charge is 0.263 e. The molecule has 4 nitrogen and oxygen atoms in total. The lowest BCUT2D eigenvalue weighted by Gasteiger charge is -2.01. The molecular formula is C12H14F2N4. The Labute approximate surface area is 103 Å². The Kier molecular flexibility index (Phi) is 3.99. The summed E-state index contributed by atoms with van der Waals surface area (Å²) < 4.78 is 26.8. The molecule has 0 amide bonds. The standard InChI is InChI=1S/C12H14F2N4/c13-12(14)10-4-1-3-9(7-10)11-8-18(17-16-11)6-2-5-15/h1,3-4,7-8,12H,2,5-6,15H2. The minimum Gasteiger partial charge on any atom is -0.330 e. The van der Waals surface area contributed by atoms with Crippen molar-refractivity contribution < 1.29 is 8.78 Å². The van der Waals surface area contributed by atoms with Gasteiger partial charge in [-0.3, -0.25) is 4.68 Å². The van der Waals surface area contributed by atoms with E-state index in [9.17, 15) is 8.78 Å². The number of nitrogens with zero attached hydrogens (tertiary/aromatic N) is 3. The highest BCUT2D eigenvalue weighted by Crippen LogP contribution is 2.24. The largest absolute Gasteiger partial charge is 0.330 e. The molecule has 0 saturated heterocycles. The monoisotopic (exact) mass is 252 g/mol. The number of benzene rings is 1. The molecule has 0 bridgehead atoms. The fourth-order valence-electron chi connectivity index (χ4n) is 1.63. The molecule has 1 heterocycles. The molecule has 0 aliphatic rings. The Bertz CT molecular complexity index is 510. The molecule has 0 saturated carbocycles. The van der Waals surface area contributed by atoms with Crippen molar-refractivity contribution in [1.29, 1.82) is 0 Å². The second-order valence-electron chi connectivity index (χ2n) is 3.94. The zero-order valence-electron chi connectivity index (χ0n) is 9.76. The highest BCUT2D eigenvalue weighted by molar-refractivity contribution is 5.58. The van der Waals surface area contributed by atoms with E-state index in [1.54, 1.807) is 23.0 Å². The molecular weight excluding hydrogens is 238 g/mol. The Morgan fingerprint density at radius 2 is 2.17 bits per heavy atom. The predicted octanol–water partition coefficient (Wildman–Crippen LogP) is 2.23. The average molecular weight is 252 g/mol. The molecule has 2 N–H and O–H groups in total. The molecule has 2 aromatic rings. The zero-order valence-corrected chi connectivity index (χ0v) is 9.76. The van der Waals surface area contributed by atoms with Crippen molar-refractivity contribution in [2.24, 2.45) is 5.73 Å². The maximum absolute atomic E-state index is 12.6. The van der Waals surface area contributed by atoms with Crippen molar-refractivity contribution in [3.05, 3.63) is 36.0 Å². The first-order valence-electron chi connectivity index (χ1n) is 5.69. The van der Waals surface area contributed by atoms with Gasteiger partial charge >= 0.3 is 0 Å². The van der Waals surface area contributed by atoms with Gasteiger partial charge < -0.3 is 5.73 Å². The van der Waals surface area contributed by atoms with Crippen molar-refractivity contribution in [3.63, 3.8) is 0 Å². The maximum atomic E-state index is 12.6. The Balaban J connectivity index is 2.20. The molecule has 1 aromatic heterocycles. The summed E-state index contributed by atoms with van der Waals surface area (Å²) in [5, 5.41) is 7.90. The summed E-state index contributed by atoms with van der Waals surface area (Å²) in [7, 11) is 0. The minimum atomic E-state index is -2.47. The molecule has 0 aliphatic heterocycles. The molecule has 0 atom stereocenters. The van der Waals surface area contributed by atoms with Crippen LogP contribution in [0.4, 0.5) is 8.78 Å². The van der Waals surface area contributed by atoms with E-state index in [4.69, 9.17) is 5.73 Å². The summed E-state index contributed by atoms with van der Waals surface area (Å²) >= 11 is 0. The molecule has 96 valence electrons. The Hall–Kier alpha value is -1.82. The van der Waals surface area contributed by atoms with Crippen molar-refractivity contribution in [3.8, 4) is 11.3 Å². The number of aryl methyl sites for hydroxylation is 1. The summed E-state index contributed by atoms with van der Waals surface area (Å²) in [6, 6.07) is 6.16. The Morgan fingerprint density at radius 3 is 2.89 bits per heavy atom. The molecule has 0 aliphatic carbocycles. The third kappa shape index (κ3) is 2.89. The lowest BCUT2D eigenvalue weighted by Crippen LogP contribution is -2.06. The third-order valence-electron chi connectivity index (χ3n) is 2.56. The van der Waals surface area contributed by atoms with Gasteiger partial charge in [0.2, 0.25) is 0 Å². The summed E-state index contributed by atoms with van der Waals surface area (Å²) in [5.74, 6) is 0. The van der Waals surface area contributed by atoms with Crippen LogP contribution in [-0.4, -0.2) is 21.5 Å². The molecule has 6 heteroatoms. The van der Waals surface area contributed by atoms with Gasteiger partial charge in [0, 0.05) is 17.7 Å². The first-order chi connectivity index (χ1) is 8.70. The number of nitrogens with two attached hydrogens (primary N) is 1. The van der Waals surface area contributed by atoms with Gasteiger partial charge in [0.05, 0.1) is 6.20 Å². The van der Waals surface area contributed by atoms with Crippen LogP contribution < -0.4 is 5.73 Å². The first-order valence-corrected chi connectivity index (χ1v) is 5.69. The molecule has 0 fully saturated rings. The predicted molar refractivity (Wildman–Crippen MR) is 64.1 cm³/mol. The average Bonchev–Trinajstić information content (AvgIpc) is 2.85. The van der Waals surface area contributed by atoms with Crippen LogP contribution in [0, 0.1) is 0 Å². The molecule has 0 radical (unpaired) electrons. The zero-order chi connectivity index (χ0) is 13.0. The van der Waals surface area contributed by atoms with E-state index in [2.05, 4.69) is 10.3 Å². The lowest BCUT2D eigenvalue weighted by molar-refractivity contribution is 0.151. The number of alkyl halides is 2. The summed E-state index contributed by atoms with van der Waals surface area (Å²) in [4.78, 5) is 0. The summed E-state index contributed by atoms with van der Waals surface area (Å²) in [5.41, 5.74) is 6.63. The number of rotatable bonds is 5. The lowest BCUT2D eigenvalue weighted by atomic mass is 10.1. The van der Waals surface area contributed by atoms with E-state index in [0.717, 1.165) is 6.42 Å². The number of hydrogen-bond acceptors (Lipinski definition) is 3. The van der Waals surface area contributed by atoms with E-state index in [1.807, 2.05) is 0 Å². The van der Waals surface area contributed by atoms with Crippen LogP contribution in [0.25, 0.3) is 11.3 Å². The number of halogens is 2. The topological polar surface area (TPSA) is 56.7 Å². The van der Waals surface area contributed by atoms with E-state index >= 15 is 0 Å². The molecule has 0 unspecified atom stereocenters. The summed E-state index contributed by atoms with van der Waals surface area (Å²) in [6.45, 7) is 1.26. The van der Waals surface area contributed by atoms with Crippen molar-refractivity contribution in [2.75, 3.05) is 6.54 Å². The van der Waals surface area contributed by atoms with Crippen LogP contribution in [0.1, 0.15) is 18.4 Å². The van der Waals surface area contributed by atoms with Gasteiger partial charge in [-0.15, -0.1) is 5.10 Å². The van der Waals surface area contributed by atoms with Gasteiger partial charge in [-0.05, 0) is 19.0 Å². The van der Waals surface area contributed by atoms with Crippen molar-refractivity contribution >= 4 is 0 Å². The normalized spacial score (nSPS) is 11.1. The van der Waals surface area contributed by atoms with Gasteiger partial charge in [-0.25, -0.2) is 8.78 Å². The third-order valence-corrected chi connectivity index (χ3v) is 2.56. The fraction of sp³-hybridized carbons (Fsp3) is 0.333. The van der Waals surface area contributed by atoms with E-state index < -0.39 is 6.43 Å². The second-order valence-corrected chi connectivity index (χ2v) is 3.94. The van der Waals surface area contributed by atoms with Gasteiger partial charge in [0.25, 0.3) is 6.43 Å². The number of aromatic nitrogens is 3. The fourth-order valence-corrected chi connectivity index (χ4v) is 1.63. The molecule has 1 aromatic carbocycles. The van der Waals surface area contributed by atoms with Crippen molar-refractivity contribution in [1.82, 2.24) is 15.0 Å². The van der Waals surface area contributed by atoms with Gasteiger partial charge in [0.1, 0.15) is 5.69 Å². The van der Waals surface area contributed by atoms with Crippen LogP contribution in [0.5, 0.6) is 0 Å². The van der Waals surface area contributed by atoms with Crippen molar-refractivity contribution in [2.45, 2.75) is 19.4 Å². The second kappa shape index (κ2) is 5.68. The first kappa shape index (κ1) is 12.6. The quantitative estimate of drug-likeness (QED) is 0.887. The Morgan fingerprint density at radius 1 is 1.33 bits per heavy atom. The maximum Gasteiger partial charge on any atom is 0.263 e. The van der Waals surface area contributed by atoms with Gasteiger partial charge in [-0.1, -0.05) is 23.4 Å². The van der Waals surface area contributed by atoms with Gasteiger partial charge in [0.15, 0.2) is 0 Å². The summed E-state index contributed by atoms with van der Waals surface area (Å²) in [6.07, 6.45) is 0.0670. The van der Waals surface area contributed by atoms with Crippen LogP contribution in [0.15, 0.2) is 30.5 Å². The minimum absolute atomic E-state index is 0.0102. The van der Waals surface area contributed by atoms with E-state index in [-0.39, 0.29) is 5.56 Å². The highest BCUT2D eigenvalue weighted by atomic mass is 19.3. The SMILES string of the molecule is NCCCn1cc(-c2cccc(C(F)F)c2)nn1. The molecule has 18 heavy (non-hydrogen) atoms. The molecule has 2 rings (SSSR count). The van der Waals surface area contributed by atoms with Crippen LogP contribution in [0.3, 0.4) is 0 Å². The van der Waals surface area contributed by atoms with E-state index in [1.165, 1.54) is 12.1 Å². The van der Waals surface area contributed by atoms with Crippen LogP contribution in [-0.2, 0) is 6.54 Å². The number of hydrogen-bond donors (Lipinski definition) is 1. The van der Waals surface area contributed by atoms with E-state index in [0.29, 0.717) is 24.3 Å². The van der Waals surface area contributed by atoms with Crippen LogP contribution >= 0.6 is 0 Å². The molecule has 0 spiro atoms. The van der Waals surface area contributed by atoms with Crippen LogP contribution in [0.2, 0.25) is 0 Å².